The smallest absolute Gasteiger partial charge is 0.0711 e. The van der Waals surface area contributed by atoms with Crippen LogP contribution < -0.4 is 5.32 Å². The summed E-state index contributed by atoms with van der Waals surface area (Å²) in [6.07, 6.45) is 4.44. The van der Waals surface area contributed by atoms with E-state index in [1.54, 1.807) is 0 Å². The highest BCUT2D eigenvalue weighted by Crippen LogP contribution is 2.22. The Morgan fingerprint density at radius 3 is 3.06 bits per heavy atom. The molecule has 3 saturated heterocycles. The molecule has 3 rings (SSSR count). The molecule has 17 heavy (non-hydrogen) atoms. The van der Waals surface area contributed by atoms with Crippen LogP contribution in [-0.2, 0) is 4.74 Å². The molecule has 4 heteroatoms. The molecule has 3 heterocycles. The van der Waals surface area contributed by atoms with Gasteiger partial charge in [-0.2, -0.15) is 0 Å². The van der Waals surface area contributed by atoms with Crippen LogP contribution in [0.3, 0.4) is 0 Å². The minimum absolute atomic E-state index is 0.438. The van der Waals surface area contributed by atoms with Crippen molar-refractivity contribution in [1.82, 2.24) is 15.1 Å². The number of ether oxygens (including phenoxy) is 1. The topological polar surface area (TPSA) is 27.7 Å². The van der Waals surface area contributed by atoms with Gasteiger partial charge in [0.25, 0.3) is 0 Å². The van der Waals surface area contributed by atoms with E-state index in [9.17, 15) is 0 Å². The van der Waals surface area contributed by atoms with Gasteiger partial charge < -0.3 is 10.1 Å². The highest BCUT2D eigenvalue weighted by molar-refractivity contribution is 4.90. The van der Waals surface area contributed by atoms with E-state index in [1.807, 2.05) is 7.11 Å². The SMILES string of the molecule is COC1CNC(CN2CCN3CCCC3C2)C1. The van der Waals surface area contributed by atoms with Crippen molar-refractivity contribution in [3.8, 4) is 0 Å². The van der Waals surface area contributed by atoms with Crippen molar-refractivity contribution in [2.45, 2.75) is 37.5 Å². The lowest BCUT2D eigenvalue weighted by Gasteiger charge is -2.38. The fraction of sp³-hybridized carbons (Fsp3) is 1.00. The average Bonchev–Trinajstić information content (AvgIpc) is 2.96. The quantitative estimate of drug-likeness (QED) is 0.758. The summed E-state index contributed by atoms with van der Waals surface area (Å²) in [5.41, 5.74) is 0. The van der Waals surface area contributed by atoms with Gasteiger partial charge in [0.15, 0.2) is 0 Å². The minimum atomic E-state index is 0.438. The predicted molar refractivity (Wildman–Crippen MR) is 68.2 cm³/mol. The summed E-state index contributed by atoms with van der Waals surface area (Å²) in [6.45, 7) is 7.41. The fourth-order valence-corrected chi connectivity index (χ4v) is 3.63. The zero-order chi connectivity index (χ0) is 11.7. The first-order chi connectivity index (χ1) is 8.35. The van der Waals surface area contributed by atoms with Crippen molar-refractivity contribution in [1.29, 1.82) is 0 Å². The maximum atomic E-state index is 5.41. The lowest BCUT2D eigenvalue weighted by atomic mass is 10.1. The van der Waals surface area contributed by atoms with Crippen LogP contribution in [0.1, 0.15) is 19.3 Å². The van der Waals surface area contributed by atoms with Crippen molar-refractivity contribution in [3.63, 3.8) is 0 Å². The maximum Gasteiger partial charge on any atom is 0.0711 e. The van der Waals surface area contributed by atoms with Crippen molar-refractivity contribution in [2.24, 2.45) is 0 Å². The summed E-state index contributed by atoms with van der Waals surface area (Å²) in [4.78, 5) is 5.33. The third kappa shape index (κ3) is 2.65. The summed E-state index contributed by atoms with van der Waals surface area (Å²) in [6, 6.07) is 1.50. The first-order valence-electron chi connectivity index (χ1n) is 7.08. The van der Waals surface area contributed by atoms with Gasteiger partial charge in [-0.05, 0) is 25.8 Å². The molecule has 0 aliphatic carbocycles. The van der Waals surface area contributed by atoms with E-state index < -0.39 is 0 Å². The molecule has 4 nitrogen and oxygen atoms in total. The van der Waals surface area contributed by atoms with Crippen molar-refractivity contribution in [3.05, 3.63) is 0 Å². The van der Waals surface area contributed by atoms with E-state index in [2.05, 4.69) is 15.1 Å². The second kappa shape index (κ2) is 5.22. The van der Waals surface area contributed by atoms with Gasteiger partial charge >= 0.3 is 0 Å². The second-order valence-corrected chi connectivity index (χ2v) is 5.79. The van der Waals surface area contributed by atoms with Gasteiger partial charge in [0.2, 0.25) is 0 Å². The standard InChI is InChI=1S/C13H25N3O/c1-17-13-7-11(14-8-13)9-15-5-6-16-4-2-3-12(16)10-15/h11-14H,2-10H2,1H3. The number of methoxy groups -OCH3 is 1. The Bertz CT molecular complexity index is 261. The molecule has 0 aromatic heterocycles. The Morgan fingerprint density at radius 2 is 2.24 bits per heavy atom. The average molecular weight is 239 g/mol. The minimum Gasteiger partial charge on any atom is -0.380 e. The molecule has 3 unspecified atom stereocenters. The predicted octanol–water partition coefficient (Wildman–Crippen LogP) is 0.143. The van der Waals surface area contributed by atoms with Crippen LogP contribution >= 0.6 is 0 Å². The number of hydrogen-bond acceptors (Lipinski definition) is 4. The molecule has 0 saturated carbocycles. The van der Waals surface area contributed by atoms with E-state index >= 15 is 0 Å². The molecule has 3 atom stereocenters. The highest BCUT2D eigenvalue weighted by Gasteiger charge is 2.32. The molecule has 0 aromatic rings. The zero-order valence-electron chi connectivity index (χ0n) is 10.9. The van der Waals surface area contributed by atoms with E-state index in [4.69, 9.17) is 4.74 Å². The van der Waals surface area contributed by atoms with Crippen LogP contribution in [0.4, 0.5) is 0 Å². The monoisotopic (exact) mass is 239 g/mol. The lowest BCUT2D eigenvalue weighted by Crippen LogP contribution is -2.52. The van der Waals surface area contributed by atoms with Gasteiger partial charge in [-0.25, -0.2) is 0 Å². The number of nitrogens with one attached hydrogen (secondary N) is 1. The summed E-state index contributed by atoms with van der Waals surface area (Å²) in [5.74, 6) is 0. The third-order valence-electron chi connectivity index (χ3n) is 4.66. The van der Waals surface area contributed by atoms with Gasteiger partial charge in [-0.3, -0.25) is 9.80 Å². The Morgan fingerprint density at radius 1 is 1.29 bits per heavy atom. The number of fused-ring (bicyclic) bond motifs is 1. The maximum absolute atomic E-state index is 5.41. The van der Waals surface area contributed by atoms with Crippen LogP contribution in [0, 0.1) is 0 Å². The van der Waals surface area contributed by atoms with Crippen LogP contribution in [0.15, 0.2) is 0 Å². The van der Waals surface area contributed by atoms with Crippen LogP contribution in [0.25, 0.3) is 0 Å². The van der Waals surface area contributed by atoms with E-state index in [0.29, 0.717) is 12.1 Å². The first-order valence-corrected chi connectivity index (χ1v) is 7.08. The van der Waals surface area contributed by atoms with Gasteiger partial charge in [-0.1, -0.05) is 0 Å². The van der Waals surface area contributed by atoms with Gasteiger partial charge in [0.05, 0.1) is 6.10 Å². The van der Waals surface area contributed by atoms with E-state index in [1.165, 1.54) is 52.0 Å². The summed E-state index contributed by atoms with van der Waals surface area (Å²) in [5, 5.41) is 3.58. The van der Waals surface area contributed by atoms with Crippen molar-refractivity contribution < 1.29 is 4.74 Å². The molecule has 0 aromatic carbocycles. The molecular formula is C13H25N3O. The van der Waals surface area contributed by atoms with Gasteiger partial charge in [0.1, 0.15) is 0 Å². The van der Waals surface area contributed by atoms with E-state index in [0.717, 1.165) is 12.6 Å². The molecule has 98 valence electrons. The number of hydrogen-bond donors (Lipinski definition) is 1. The Balaban J connectivity index is 1.46. The number of rotatable bonds is 3. The molecule has 1 N–H and O–H groups in total. The Labute approximate surface area is 104 Å². The zero-order valence-corrected chi connectivity index (χ0v) is 10.9. The molecule has 3 aliphatic rings. The molecule has 3 aliphatic heterocycles. The summed E-state index contributed by atoms with van der Waals surface area (Å²) >= 11 is 0. The normalized spacial score (nSPS) is 39.7. The lowest BCUT2D eigenvalue weighted by molar-refractivity contribution is 0.0920. The van der Waals surface area contributed by atoms with Crippen molar-refractivity contribution >= 4 is 0 Å². The molecule has 0 spiro atoms. The van der Waals surface area contributed by atoms with Crippen LogP contribution in [-0.4, -0.2) is 74.4 Å². The second-order valence-electron chi connectivity index (χ2n) is 5.79. The van der Waals surface area contributed by atoms with Crippen LogP contribution in [0.5, 0.6) is 0 Å². The highest BCUT2D eigenvalue weighted by atomic mass is 16.5. The molecule has 0 radical (unpaired) electrons. The number of piperazine rings is 1. The van der Waals surface area contributed by atoms with Crippen LogP contribution in [0.2, 0.25) is 0 Å². The molecular weight excluding hydrogens is 214 g/mol. The summed E-state index contributed by atoms with van der Waals surface area (Å²) < 4.78 is 5.41. The van der Waals surface area contributed by atoms with Crippen molar-refractivity contribution in [2.75, 3.05) is 46.4 Å². The Hall–Kier alpha value is -0.160. The Kier molecular flexibility index (Phi) is 3.66. The molecule has 0 amide bonds. The molecule has 0 bridgehead atoms. The third-order valence-corrected chi connectivity index (χ3v) is 4.66. The first kappa shape index (κ1) is 11.9. The summed E-state index contributed by atoms with van der Waals surface area (Å²) in [7, 11) is 1.83. The van der Waals surface area contributed by atoms with Gasteiger partial charge in [0, 0.05) is 51.9 Å². The van der Waals surface area contributed by atoms with E-state index in [-0.39, 0.29) is 0 Å². The number of nitrogens with zero attached hydrogens (tertiary/aromatic N) is 2. The fourth-order valence-electron chi connectivity index (χ4n) is 3.63. The van der Waals surface area contributed by atoms with Gasteiger partial charge in [-0.15, -0.1) is 0 Å². The largest absolute Gasteiger partial charge is 0.380 e. The molecule has 3 fully saturated rings.